The van der Waals surface area contributed by atoms with Gasteiger partial charge in [0.2, 0.25) is 0 Å². The van der Waals surface area contributed by atoms with E-state index in [4.69, 9.17) is 17.4 Å². The molecule has 0 fully saturated rings. The molecule has 0 aliphatic carbocycles. The topological polar surface area (TPSA) is 48.8 Å². The number of nitrogens with zero attached hydrogens (tertiary/aromatic N) is 5. The number of hydrogen-bond acceptors (Lipinski definition) is 3. The molecule has 0 bridgehead atoms. The van der Waals surface area contributed by atoms with Gasteiger partial charge in [-0.25, -0.2) is 4.98 Å². The molecule has 5 aromatic carbocycles. The number of fused-ring (bicyclic) bond motifs is 4. The molecule has 4 aromatic heterocycles. The fourth-order valence-corrected chi connectivity index (χ4v) is 7.77. The number of ether oxygens (including phenoxy) is 1. The van der Waals surface area contributed by atoms with Gasteiger partial charge in [-0.1, -0.05) is 146 Å². The Hall–Kier alpha value is -5.84. The number of benzene rings is 5. The monoisotopic (exact) mass is 982 g/mol. The Morgan fingerprint density at radius 1 is 0.639 bits per heavy atom. The molecule has 0 atom stereocenters. The summed E-state index contributed by atoms with van der Waals surface area (Å²) in [7, 11) is 0. The summed E-state index contributed by atoms with van der Waals surface area (Å²) < 4.78 is 30.8. The summed E-state index contributed by atoms with van der Waals surface area (Å²) in [6.07, 6.45) is 5.55. The number of pyridine rings is 2. The minimum absolute atomic E-state index is 0. The summed E-state index contributed by atoms with van der Waals surface area (Å²) in [5, 5.41) is 2.14. The van der Waals surface area contributed by atoms with Crippen LogP contribution in [0.4, 0.5) is 0 Å². The van der Waals surface area contributed by atoms with E-state index in [2.05, 4.69) is 149 Å². The van der Waals surface area contributed by atoms with Crippen molar-refractivity contribution in [2.45, 2.75) is 79.5 Å². The van der Waals surface area contributed by atoms with E-state index < -0.39 is 11.8 Å². The third-order valence-electron chi connectivity index (χ3n) is 10.8. The first kappa shape index (κ1) is 39.3. The number of hydrogen-bond donors (Lipinski definition) is 0. The first-order valence-corrected chi connectivity index (χ1v) is 20.6. The van der Waals surface area contributed by atoms with Crippen LogP contribution in [0.3, 0.4) is 0 Å². The predicted molar refractivity (Wildman–Crippen MR) is 244 cm³/mol. The second-order valence-corrected chi connectivity index (χ2v) is 18.7. The van der Waals surface area contributed by atoms with Crippen LogP contribution in [0.2, 0.25) is 0 Å². The van der Waals surface area contributed by atoms with Crippen molar-refractivity contribution < 1.29 is 33.1 Å². The number of aromatic nitrogens is 5. The molecule has 7 heteroatoms. The largest absolute Gasteiger partial charge is 0.522 e. The molecular weight excluding hydrogens is 930 g/mol. The summed E-state index contributed by atoms with van der Waals surface area (Å²) in [4.78, 5) is 9.65. The average Bonchev–Trinajstić information content (AvgIpc) is 3.78. The molecule has 4 heterocycles. The average molecular weight is 983 g/mol. The van der Waals surface area contributed by atoms with Crippen molar-refractivity contribution in [2.24, 2.45) is 5.41 Å². The first-order chi connectivity index (χ1) is 29.4. The normalized spacial score (nSPS) is 13.0. The smallest absolute Gasteiger partial charge is 0.269 e. The third-order valence-corrected chi connectivity index (χ3v) is 10.8. The molecule has 0 amide bonds. The van der Waals surface area contributed by atoms with Gasteiger partial charge in [-0.15, -0.1) is 17.5 Å². The molecule has 0 spiro atoms. The molecule has 0 radical (unpaired) electrons. The minimum Gasteiger partial charge on any atom is -0.522 e. The molecule has 6 nitrogen and oxygen atoms in total. The van der Waals surface area contributed by atoms with E-state index in [1.54, 1.807) is 12.3 Å². The molecular formula is C54H51N5OPt-2. The van der Waals surface area contributed by atoms with Gasteiger partial charge in [-0.3, -0.25) is 14.1 Å². The molecule has 0 N–H and O–H groups in total. The van der Waals surface area contributed by atoms with E-state index in [9.17, 15) is 0 Å². The van der Waals surface area contributed by atoms with Crippen LogP contribution in [0.1, 0.15) is 81.7 Å². The SMILES string of the molecule is [2H]C([2H])(c1ccc2c(c1)[n+](-c1cccc(C(C)(C)C)c1)[c-]n2-c1[c-]c(Oc2[c-]c3c(cc2)c2cc(-c4ccccc4)ccc2n3-c2cc(C(C)(C)C)ccn2)ccn1)C(C)(C)C.[Pt]. The summed E-state index contributed by atoms with van der Waals surface area (Å²) in [6, 6.07) is 48.3. The van der Waals surface area contributed by atoms with Crippen LogP contribution in [0.5, 0.6) is 11.5 Å². The molecule has 0 unspecified atom stereocenters. The molecule has 310 valence electrons. The zero-order valence-electron chi connectivity index (χ0n) is 38.2. The molecule has 61 heavy (non-hydrogen) atoms. The number of imidazole rings is 1. The predicted octanol–water partition coefficient (Wildman–Crippen LogP) is 12.8. The van der Waals surface area contributed by atoms with Crippen molar-refractivity contribution in [3.63, 3.8) is 0 Å². The Morgan fingerprint density at radius 2 is 1.36 bits per heavy atom. The Labute approximate surface area is 377 Å². The molecule has 0 aliphatic rings. The molecule has 0 saturated heterocycles. The van der Waals surface area contributed by atoms with Gasteiger partial charge in [0.15, 0.2) is 0 Å². The van der Waals surface area contributed by atoms with Crippen LogP contribution in [0.15, 0.2) is 134 Å². The zero-order chi connectivity index (χ0) is 43.8. The van der Waals surface area contributed by atoms with Gasteiger partial charge in [-0.05, 0) is 92.4 Å². The van der Waals surface area contributed by atoms with Gasteiger partial charge in [-0.2, -0.15) is 18.2 Å². The minimum atomic E-state index is -1.59. The first-order valence-electron chi connectivity index (χ1n) is 21.6. The Balaban J connectivity index is 0.00000544. The maximum absolute atomic E-state index is 9.11. The van der Waals surface area contributed by atoms with Crippen molar-refractivity contribution in [2.75, 3.05) is 0 Å². The van der Waals surface area contributed by atoms with E-state index in [0.717, 1.165) is 55.5 Å². The third kappa shape index (κ3) is 8.44. The van der Waals surface area contributed by atoms with Crippen molar-refractivity contribution >= 4 is 32.8 Å². The molecule has 0 saturated carbocycles. The quantitative estimate of drug-likeness (QED) is 0.118. The Bertz CT molecular complexity index is 3150. The van der Waals surface area contributed by atoms with Crippen LogP contribution in [-0.2, 0) is 38.3 Å². The van der Waals surface area contributed by atoms with Crippen LogP contribution in [0, 0.1) is 23.9 Å². The molecule has 9 rings (SSSR count). The fourth-order valence-electron chi connectivity index (χ4n) is 7.77. The van der Waals surface area contributed by atoms with Gasteiger partial charge in [0.25, 0.3) is 6.33 Å². The summed E-state index contributed by atoms with van der Waals surface area (Å²) in [6.45, 7) is 19.0. The van der Waals surface area contributed by atoms with Crippen molar-refractivity contribution in [1.82, 2.24) is 19.1 Å². The van der Waals surface area contributed by atoms with Gasteiger partial charge in [0.05, 0.1) is 22.5 Å². The van der Waals surface area contributed by atoms with E-state index in [1.807, 2.05) is 66.4 Å². The van der Waals surface area contributed by atoms with Crippen LogP contribution in [-0.4, -0.2) is 19.1 Å². The van der Waals surface area contributed by atoms with Crippen LogP contribution < -0.4 is 9.30 Å². The van der Waals surface area contributed by atoms with E-state index in [1.165, 1.54) is 11.1 Å². The van der Waals surface area contributed by atoms with E-state index in [-0.39, 0.29) is 31.9 Å². The molecule has 0 aliphatic heterocycles. The van der Waals surface area contributed by atoms with E-state index >= 15 is 0 Å². The van der Waals surface area contributed by atoms with Gasteiger partial charge >= 0.3 is 0 Å². The Morgan fingerprint density at radius 3 is 2.11 bits per heavy atom. The van der Waals surface area contributed by atoms with Crippen LogP contribution in [0.25, 0.3) is 61.3 Å². The van der Waals surface area contributed by atoms with Gasteiger partial charge in [0, 0.05) is 41.3 Å². The maximum atomic E-state index is 9.11. The van der Waals surface area contributed by atoms with Gasteiger partial charge in [0.1, 0.15) is 5.82 Å². The van der Waals surface area contributed by atoms with E-state index in [0.29, 0.717) is 22.9 Å². The standard InChI is InChI=1S/C54H51N5O.Pt/c1-52(2,3)34-36-18-22-47-49(28-36)57(41-17-13-16-39(30-41)53(4,5)6)35-58(47)50-33-43(25-27-55-50)60-42-20-21-44-45-29-38(37-14-11-10-12-15-37)19-23-46(45)59(48(44)32-42)51-31-40(24-26-56-51)54(7,8)9;/h10-31H,34H2,1-9H3;/q-2;/i34D2;. The zero-order valence-corrected chi connectivity index (χ0v) is 38.4. The second-order valence-electron chi connectivity index (χ2n) is 18.7. The van der Waals surface area contributed by atoms with Crippen molar-refractivity contribution in [3.8, 4) is 39.9 Å². The Kier molecular flexibility index (Phi) is 10.2. The summed E-state index contributed by atoms with van der Waals surface area (Å²) >= 11 is 0. The van der Waals surface area contributed by atoms with Crippen molar-refractivity contribution in [3.05, 3.63) is 169 Å². The van der Waals surface area contributed by atoms with Crippen LogP contribution >= 0.6 is 0 Å². The summed E-state index contributed by atoms with van der Waals surface area (Å²) in [5.41, 5.74) is 8.88. The maximum Gasteiger partial charge on any atom is 0.269 e. The molecule has 9 aromatic rings. The fraction of sp³-hybridized carbons (Fsp3) is 0.241. The second kappa shape index (κ2) is 15.9. The van der Waals surface area contributed by atoms with Gasteiger partial charge < -0.3 is 9.30 Å². The summed E-state index contributed by atoms with van der Waals surface area (Å²) in [5.74, 6) is 2.28. The number of rotatable bonds is 7. The van der Waals surface area contributed by atoms with Crippen molar-refractivity contribution in [1.29, 1.82) is 0 Å².